The van der Waals surface area contributed by atoms with Crippen molar-refractivity contribution < 1.29 is 4.39 Å². The van der Waals surface area contributed by atoms with Crippen molar-refractivity contribution in [2.45, 2.75) is 20.8 Å². The molecule has 0 spiro atoms. The molecule has 0 fully saturated rings. The molecule has 0 unspecified atom stereocenters. The number of nitrogens with zero attached hydrogens (tertiary/aromatic N) is 3. The van der Waals surface area contributed by atoms with Gasteiger partial charge >= 0.3 is 0 Å². The molecule has 1 aromatic carbocycles. The van der Waals surface area contributed by atoms with Gasteiger partial charge in [-0.2, -0.15) is 5.10 Å². The second-order valence-electron chi connectivity index (χ2n) is 5.42. The number of benzene rings is 1. The predicted molar refractivity (Wildman–Crippen MR) is 69.3 cm³/mol. The lowest BCUT2D eigenvalue weighted by Gasteiger charge is -2.19. The molecule has 1 N–H and O–H groups in total. The zero-order valence-electron chi connectivity index (χ0n) is 10.8. The normalized spacial score (nSPS) is 11.6. The highest BCUT2D eigenvalue weighted by Crippen LogP contribution is 2.19. The molecule has 18 heavy (non-hydrogen) atoms. The van der Waals surface area contributed by atoms with Crippen molar-refractivity contribution in [3.05, 3.63) is 36.7 Å². The molecule has 96 valence electrons. The highest BCUT2D eigenvalue weighted by atomic mass is 19.1. The summed E-state index contributed by atoms with van der Waals surface area (Å²) < 4.78 is 15.3. The summed E-state index contributed by atoms with van der Waals surface area (Å²) in [6.45, 7) is 7.16. The first-order chi connectivity index (χ1) is 8.46. The standard InChI is InChI=1S/C13H17FN4/c1-13(2,3)7-16-10-4-5-12(11(14)6-10)18-9-15-8-17-18/h4-6,8-9,16H,7H2,1-3H3. The van der Waals surface area contributed by atoms with Crippen LogP contribution < -0.4 is 5.32 Å². The molecule has 0 atom stereocenters. The topological polar surface area (TPSA) is 42.7 Å². The second kappa shape index (κ2) is 4.76. The predicted octanol–water partition coefficient (Wildman–Crippen LogP) is 2.86. The first-order valence-corrected chi connectivity index (χ1v) is 5.84. The third-order valence-electron chi connectivity index (χ3n) is 2.44. The number of aromatic nitrogens is 3. The van der Waals surface area contributed by atoms with E-state index in [4.69, 9.17) is 0 Å². The molecular weight excluding hydrogens is 231 g/mol. The van der Waals surface area contributed by atoms with Crippen LogP contribution in [0.1, 0.15) is 20.8 Å². The fourth-order valence-corrected chi connectivity index (χ4v) is 1.50. The Hall–Kier alpha value is -1.91. The molecule has 0 amide bonds. The SMILES string of the molecule is CC(C)(C)CNc1ccc(-n2cncn2)c(F)c1. The zero-order valence-corrected chi connectivity index (χ0v) is 10.8. The zero-order chi connectivity index (χ0) is 13.2. The highest BCUT2D eigenvalue weighted by molar-refractivity contribution is 5.49. The molecule has 4 nitrogen and oxygen atoms in total. The van der Waals surface area contributed by atoms with Gasteiger partial charge in [0.2, 0.25) is 0 Å². The summed E-state index contributed by atoms with van der Waals surface area (Å²) in [5.41, 5.74) is 1.32. The van der Waals surface area contributed by atoms with E-state index in [1.165, 1.54) is 23.4 Å². The van der Waals surface area contributed by atoms with E-state index in [2.05, 4.69) is 36.2 Å². The largest absolute Gasteiger partial charge is 0.384 e. The summed E-state index contributed by atoms with van der Waals surface area (Å²) in [6, 6.07) is 5.00. The minimum atomic E-state index is -0.320. The van der Waals surface area contributed by atoms with Gasteiger partial charge in [-0.1, -0.05) is 20.8 Å². The van der Waals surface area contributed by atoms with Gasteiger partial charge in [0.15, 0.2) is 5.82 Å². The van der Waals surface area contributed by atoms with Crippen molar-refractivity contribution in [2.24, 2.45) is 5.41 Å². The van der Waals surface area contributed by atoms with Crippen LogP contribution in [-0.4, -0.2) is 21.3 Å². The van der Waals surface area contributed by atoms with E-state index >= 15 is 0 Å². The van der Waals surface area contributed by atoms with Crippen molar-refractivity contribution in [3.63, 3.8) is 0 Å². The van der Waals surface area contributed by atoms with Gasteiger partial charge in [-0.25, -0.2) is 14.1 Å². The van der Waals surface area contributed by atoms with Crippen LogP contribution in [-0.2, 0) is 0 Å². The van der Waals surface area contributed by atoms with Gasteiger partial charge in [0.1, 0.15) is 18.3 Å². The average Bonchev–Trinajstić information content (AvgIpc) is 2.79. The Morgan fingerprint density at radius 3 is 2.67 bits per heavy atom. The Balaban J connectivity index is 2.15. The number of halogens is 1. The van der Waals surface area contributed by atoms with E-state index in [0.29, 0.717) is 5.69 Å². The molecule has 2 rings (SSSR count). The van der Waals surface area contributed by atoms with Crippen molar-refractivity contribution in [1.29, 1.82) is 0 Å². The molecule has 0 bridgehead atoms. The van der Waals surface area contributed by atoms with Crippen LogP contribution in [0.15, 0.2) is 30.9 Å². The number of nitrogens with one attached hydrogen (secondary N) is 1. The van der Waals surface area contributed by atoms with Gasteiger partial charge in [0.05, 0.1) is 0 Å². The van der Waals surface area contributed by atoms with Gasteiger partial charge in [-0.15, -0.1) is 0 Å². The average molecular weight is 248 g/mol. The Labute approximate surface area is 106 Å². The van der Waals surface area contributed by atoms with Crippen LogP contribution in [0, 0.1) is 11.2 Å². The minimum Gasteiger partial charge on any atom is -0.384 e. The lowest BCUT2D eigenvalue weighted by Crippen LogP contribution is -2.19. The van der Waals surface area contributed by atoms with Gasteiger partial charge < -0.3 is 5.32 Å². The first-order valence-electron chi connectivity index (χ1n) is 5.84. The summed E-state index contributed by atoms with van der Waals surface area (Å²) in [7, 11) is 0. The van der Waals surface area contributed by atoms with Crippen molar-refractivity contribution in [1.82, 2.24) is 14.8 Å². The Bertz CT molecular complexity index is 514. The van der Waals surface area contributed by atoms with Gasteiger partial charge in [0.25, 0.3) is 0 Å². The van der Waals surface area contributed by atoms with Crippen LogP contribution in [0.25, 0.3) is 5.69 Å². The van der Waals surface area contributed by atoms with Gasteiger partial charge in [0, 0.05) is 12.2 Å². The van der Waals surface area contributed by atoms with Crippen LogP contribution in [0.2, 0.25) is 0 Å². The molecule has 1 heterocycles. The number of anilines is 1. The Kier molecular flexibility index (Phi) is 3.32. The maximum Gasteiger partial charge on any atom is 0.150 e. The molecule has 0 aliphatic carbocycles. The maximum atomic E-state index is 13.9. The van der Waals surface area contributed by atoms with E-state index in [1.807, 2.05) is 6.07 Å². The van der Waals surface area contributed by atoms with E-state index in [9.17, 15) is 4.39 Å². The number of rotatable bonds is 3. The lowest BCUT2D eigenvalue weighted by atomic mass is 9.97. The molecule has 0 radical (unpaired) electrons. The van der Waals surface area contributed by atoms with Crippen LogP contribution in [0.5, 0.6) is 0 Å². The molecule has 1 aromatic heterocycles. The summed E-state index contributed by atoms with van der Waals surface area (Å²) in [5, 5.41) is 7.12. The van der Waals surface area contributed by atoms with E-state index in [-0.39, 0.29) is 11.2 Å². The monoisotopic (exact) mass is 248 g/mol. The molecule has 2 aromatic rings. The Morgan fingerprint density at radius 2 is 2.11 bits per heavy atom. The molecule has 0 saturated heterocycles. The minimum absolute atomic E-state index is 0.154. The lowest BCUT2D eigenvalue weighted by molar-refractivity contribution is 0.443. The Morgan fingerprint density at radius 1 is 1.33 bits per heavy atom. The van der Waals surface area contributed by atoms with Crippen LogP contribution in [0.3, 0.4) is 0 Å². The molecule has 0 aliphatic heterocycles. The fourth-order valence-electron chi connectivity index (χ4n) is 1.50. The first kappa shape index (κ1) is 12.5. The second-order valence-corrected chi connectivity index (χ2v) is 5.42. The van der Waals surface area contributed by atoms with Crippen molar-refractivity contribution in [3.8, 4) is 5.69 Å². The number of hydrogen-bond acceptors (Lipinski definition) is 3. The summed E-state index contributed by atoms with van der Waals surface area (Å²) in [4.78, 5) is 3.80. The molecule has 5 heteroatoms. The maximum absolute atomic E-state index is 13.9. The van der Waals surface area contributed by atoms with Gasteiger partial charge in [-0.05, 0) is 23.6 Å². The summed E-state index contributed by atoms with van der Waals surface area (Å²) in [6.07, 6.45) is 2.85. The summed E-state index contributed by atoms with van der Waals surface area (Å²) >= 11 is 0. The fraction of sp³-hybridized carbons (Fsp3) is 0.385. The quantitative estimate of drug-likeness (QED) is 0.908. The van der Waals surface area contributed by atoms with E-state index in [1.54, 1.807) is 6.07 Å². The van der Waals surface area contributed by atoms with Crippen molar-refractivity contribution in [2.75, 3.05) is 11.9 Å². The van der Waals surface area contributed by atoms with E-state index in [0.717, 1.165) is 12.2 Å². The van der Waals surface area contributed by atoms with Crippen LogP contribution in [0.4, 0.5) is 10.1 Å². The smallest absolute Gasteiger partial charge is 0.150 e. The third kappa shape index (κ3) is 3.06. The molecular formula is C13H17FN4. The molecule has 0 aliphatic rings. The van der Waals surface area contributed by atoms with Crippen molar-refractivity contribution >= 4 is 5.69 Å². The number of hydrogen-bond donors (Lipinski definition) is 1. The third-order valence-corrected chi connectivity index (χ3v) is 2.44. The highest BCUT2D eigenvalue weighted by Gasteiger charge is 2.11. The van der Waals surface area contributed by atoms with Crippen LogP contribution >= 0.6 is 0 Å². The van der Waals surface area contributed by atoms with Gasteiger partial charge in [-0.3, -0.25) is 0 Å². The molecule has 0 saturated carbocycles. The van der Waals surface area contributed by atoms with E-state index < -0.39 is 0 Å². The summed E-state index contributed by atoms with van der Waals surface area (Å²) in [5.74, 6) is -0.320.